The monoisotopic (exact) mass is 272 g/mol. The number of halogens is 1. The fourth-order valence-corrected chi connectivity index (χ4v) is 1.86. The molecule has 0 atom stereocenters. The molecule has 2 rings (SSSR count). The van der Waals surface area contributed by atoms with E-state index in [1.165, 1.54) is 12.1 Å². The van der Waals surface area contributed by atoms with Gasteiger partial charge >= 0.3 is 0 Å². The van der Waals surface area contributed by atoms with Gasteiger partial charge in [-0.3, -0.25) is 4.79 Å². The van der Waals surface area contributed by atoms with Gasteiger partial charge in [0.05, 0.1) is 5.56 Å². The lowest BCUT2D eigenvalue weighted by Crippen LogP contribution is -2.22. The van der Waals surface area contributed by atoms with Crippen molar-refractivity contribution in [3.05, 3.63) is 65.5 Å². The summed E-state index contributed by atoms with van der Waals surface area (Å²) in [6.45, 7) is 0.540. The average molecular weight is 272 g/mol. The van der Waals surface area contributed by atoms with Crippen LogP contribution in [0.5, 0.6) is 0 Å². The number of para-hydroxylation sites is 1. The summed E-state index contributed by atoms with van der Waals surface area (Å²) in [4.78, 5) is 13.6. The first-order chi connectivity index (χ1) is 9.58. The van der Waals surface area contributed by atoms with Gasteiger partial charge in [0.1, 0.15) is 5.82 Å². The Morgan fingerprint density at radius 2 is 1.75 bits per heavy atom. The average Bonchev–Trinajstić information content (AvgIpc) is 2.46. The smallest absolute Gasteiger partial charge is 0.255 e. The first-order valence-corrected chi connectivity index (χ1v) is 6.37. The summed E-state index contributed by atoms with van der Waals surface area (Å²) < 4.78 is 12.8. The summed E-state index contributed by atoms with van der Waals surface area (Å²) in [6, 6.07) is 13.6. The third kappa shape index (κ3) is 3.35. The minimum absolute atomic E-state index is 0.0489. The van der Waals surface area contributed by atoms with Crippen LogP contribution in [-0.2, 0) is 6.54 Å². The highest BCUT2D eigenvalue weighted by Gasteiger charge is 2.12. The summed E-state index contributed by atoms with van der Waals surface area (Å²) in [7, 11) is 3.44. The molecular formula is C16H17FN2O. The van der Waals surface area contributed by atoms with Crippen molar-refractivity contribution in [2.45, 2.75) is 6.54 Å². The molecule has 0 aromatic heterocycles. The number of carbonyl (C=O) groups is 1. The van der Waals surface area contributed by atoms with Gasteiger partial charge in [0.2, 0.25) is 0 Å². The van der Waals surface area contributed by atoms with E-state index in [1.54, 1.807) is 37.2 Å². The van der Waals surface area contributed by atoms with Crippen molar-refractivity contribution < 1.29 is 9.18 Å². The summed E-state index contributed by atoms with van der Waals surface area (Å²) in [6.07, 6.45) is 0. The lowest BCUT2D eigenvalue weighted by molar-refractivity contribution is 0.0828. The second kappa shape index (κ2) is 6.19. The zero-order valence-corrected chi connectivity index (χ0v) is 11.6. The number of anilines is 1. The second-order valence-electron chi connectivity index (χ2n) is 4.73. The lowest BCUT2D eigenvalue weighted by Gasteiger charge is -2.15. The molecule has 0 unspecified atom stereocenters. The molecule has 0 aliphatic carbocycles. The summed E-state index contributed by atoms with van der Waals surface area (Å²) in [5.74, 6) is -0.302. The molecule has 0 radical (unpaired) electrons. The maximum atomic E-state index is 12.8. The number of hydrogen-bond donors (Lipinski definition) is 1. The highest BCUT2D eigenvalue weighted by molar-refractivity contribution is 5.99. The predicted molar refractivity (Wildman–Crippen MR) is 78.2 cm³/mol. The molecule has 0 saturated carbocycles. The third-order valence-electron chi connectivity index (χ3n) is 2.96. The number of nitrogens with one attached hydrogen (secondary N) is 1. The Hall–Kier alpha value is -2.36. The van der Waals surface area contributed by atoms with Crippen molar-refractivity contribution in [1.29, 1.82) is 0 Å². The van der Waals surface area contributed by atoms with E-state index in [1.807, 2.05) is 18.2 Å². The van der Waals surface area contributed by atoms with Crippen LogP contribution in [0.25, 0.3) is 0 Å². The standard InChI is InChI=1S/C16H17FN2O/c1-19(2)16(20)14-5-3-4-6-15(14)18-11-12-7-9-13(17)10-8-12/h3-10,18H,11H2,1-2H3. The minimum atomic E-state index is -0.253. The van der Waals surface area contributed by atoms with Gasteiger partial charge in [0.15, 0.2) is 0 Å². The molecule has 20 heavy (non-hydrogen) atoms. The molecule has 4 heteroatoms. The predicted octanol–water partition coefficient (Wildman–Crippen LogP) is 3.14. The molecule has 0 saturated heterocycles. The fraction of sp³-hybridized carbons (Fsp3) is 0.188. The van der Waals surface area contributed by atoms with E-state index in [2.05, 4.69) is 5.32 Å². The Balaban J connectivity index is 2.13. The summed E-state index contributed by atoms with van der Waals surface area (Å²) >= 11 is 0. The molecule has 2 aromatic carbocycles. The van der Waals surface area contributed by atoms with E-state index in [0.717, 1.165) is 11.3 Å². The van der Waals surface area contributed by atoms with Crippen LogP contribution in [0.2, 0.25) is 0 Å². The zero-order chi connectivity index (χ0) is 14.5. The normalized spacial score (nSPS) is 10.2. The fourth-order valence-electron chi connectivity index (χ4n) is 1.86. The maximum absolute atomic E-state index is 12.8. The molecule has 0 fully saturated rings. The van der Waals surface area contributed by atoms with Crippen molar-refractivity contribution >= 4 is 11.6 Å². The summed E-state index contributed by atoms with van der Waals surface area (Å²) in [5.41, 5.74) is 2.36. The number of amides is 1. The van der Waals surface area contributed by atoms with Crippen molar-refractivity contribution in [1.82, 2.24) is 4.90 Å². The quantitative estimate of drug-likeness (QED) is 0.927. The molecule has 104 valence electrons. The van der Waals surface area contributed by atoms with Gasteiger partial charge in [0.25, 0.3) is 5.91 Å². The number of carbonyl (C=O) groups excluding carboxylic acids is 1. The Morgan fingerprint density at radius 1 is 1.10 bits per heavy atom. The first-order valence-electron chi connectivity index (χ1n) is 6.37. The van der Waals surface area contributed by atoms with E-state index >= 15 is 0 Å². The van der Waals surface area contributed by atoms with Crippen molar-refractivity contribution in [2.24, 2.45) is 0 Å². The molecular weight excluding hydrogens is 255 g/mol. The first kappa shape index (κ1) is 14.1. The number of rotatable bonds is 4. The van der Waals surface area contributed by atoms with E-state index in [-0.39, 0.29) is 11.7 Å². The van der Waals surface area contributed by atoms with Crippen LogP contribution in [0.3, 0.4) is 0 Å². The van der Waals surface area contributed by atoms with Gasteiger partial charge in [-0.25, -0.2) is 4.39 Å². The molecule has 0 heterocycles. The van der Waals surface area contributed by atoms with Gasteiger partial charge in [-0.05, 0) is 29.8 Å². The molecule has 0 bridgehead atoms. The van der Waals surface area contributed by atoms with E-state index in [0.29, 0.717) is 12.1 Å². The highest BCUT2D eigenvalue weighted by Crippen LogP contribution is 2.17. The topological polar surface area (TPSA) is 32.3 Å². The molecule has 1 N–H and O–H groups in total. The van der Waals surface area contributed by atoms with Crippen LogP contribution in [0, 0.1) is 5.82 Å². The van der Waals surface area contributed by atoms with Gasteiger partial charge in [-0.2, -0.15) is 0 Å². The number of nitrogens with zero attached hydrogens (tertiary/aromatic N) is 1. The van der Waals surface area contributed by atoms with Crippen LogP contribution in [0.15, 0.2) is 48.5 Å². The summed E-state index contributed by atoms with van der Waals surface area (Å²) in [5, 5.41) is 3.21. The molecule has 0 aliphatic rings. The van der Waals surface area contributed by atoms with Gasteiger partial charge in [-0.15, -0.1) is 0 Å². The van der Waals surface area contributed by atoms with Crippen LogP contribution in [-0.4, -0.2) is 24.9 Å². The Labute approximate surface area is 118 Å². The zero-order valence-electron chi connectivity index (χ0n) is 11.6. The molecule has 0 spiro atoms. The van der Waals surface area contributed by atoms with Crippen molar-refractivity contribution in [2.75, 3.05) is 19.4 Å². The third-order valence-corrected chi connectivity index (χ3v) is 2.96. The van der Waals surface area contributed by atoms with E-state index in [9.17, 15) is 9.18 Å². The van der Waals surface area contributed by atoms with E-state index in [4.69, 9.17) is 0 Å². The number of hydrogen-bond acceptors (Lipinski definition) is 2. The maximum Gasteiger partial charge on any atom is 0.255 e. The Bertz CT molecular complexity index is 594. The highest BCUT2D eigenvalue weighted by atomic mass is 19.1. The number of benzene rings is 2. The second-order valence-corrected chi connectivity index (χ2v) is 4.73. The van der Waals surface area contributed by atoms with E-state index < -0.39 is 0 Å². The van der Waals surface area contributed by atoms with Crippen LogP contribution >= 0.6 is 0 Å². The SMILES string of the molecule is CN(C)C(=O)c1ccccc1NCc1ccc(F)cc1. The Kier molecular flexibility index (Phi) is 4.35. The van der Waals surface area contributed by atoms with Crippen molar-refractivity contribution in [3.63, 3.8) is 0 Å². The largest absolute Gasteiger partial charge is 0.380 e. The van der Waals surface area contributed by atoms with Crippen LogP contribution < -0.4 is 5.32 Å². The lowest BCUT2D eigenvalue weighted by atomic mass is 10.1. The molecule has 0 aliphatic heterocycles. The molecule has 1 amide bonds. The Morgan fingerprint density at radius 3 is 2.40 bits per heavy atom. The van der Waals surface area contributed by atoms with Crippen molar-refractivity contribution in [3.8, 4) is 0 Å². The minimum Gasteiger partial charge on any atom is -0.380 e. The van der Waals surface area contributed by atoms with Crippen LogP contribution in [0.4, 0.5) is 10.1 Å². The van der Waals surface area contributed by atoms with Gasteiger partial charge in [-0.1, -0.05) is 24.3 Å². The van der Waals surface area contributed by atoms with Gasteiger partial charge in [0, 0.05) is 26.3 Å². The molecule has 2 aromatic rings. The molecule has 3 nitrogen and oxygen atoms in total. The van der Waals surface area contributed by atoms with Gasteiger partial charge < -0.3 is 10.2 Å². The van der Waals surface area contributed by atoms with Crippen LogP contribution in [0.1, 0.15) is 15.9 Å².